The van der Waals surface area contributed by atoms with Gasteiger partial charge in [0.05, 0.1) is 6.42 Å². The van der Waals surface area contributed by atoms with Crippen molar-refractivity contribution in [3.63, 3.8) is 0 Å². The van der Waals surface area contributed by atoms with Gasteiger partial charge in [0.25, 0.3) is 0 Å². The third-order valence-electron chi connectivity index (χ3n) is 3.09. The van der Waals surface area contributed by atoms with Gasteiger partial charge in [-0.3, -0.25) is 4.79 Å². The Morgan fingerprint density at radius 1 is 1.40 bits per heavy atom. The number of hydrogen-bond donors (Lipinski definition) is 0. The predicted molar refractivity (Wildman–Crippen MR) is 60.7 cm³/mol. The Labute approximate surface area is 90.9 Å². The summed E-state index contributed by atoms with van der Waals surface area (Å²) in [5.41, 5.74) is 2.35. The van der Waals surface area contributed by atoms with Gasteiger partial charge < -0.3 is 4.90 Å². The molecule has 0 radical (unpaired) electrons. The van der Waals surface area contributed by atoms with Crippen molar-refractivity contribution in [2.75, 3.05) is 7.05 Å². The average Bonchev–Trinajstić information content (AvgIpc) is 3.04. The molecule has 2 nitrogen and oxygen atoms in total. The van der Waals surface area contributed by atoms with Crippen molar-refractivity contribution in [1.29, 1.82) is 0 Å². The molecular formula is C13H17NO. The Morgan fingerprint density at radius 3 is 2.67 bits per heavy atom. The van der Waals surface area contributed by atoms with Crippen LogP contribution in [0.3, 0.4) is 0 Å². The Hall–Kier alpha value is -1.31. The fourth-order valence-electron chi connectivity index (χ4n) is 1.76. The van der Waals surface area contributed by atoms with Crippen LogP contribution in [0, 0.1) is 6.92 Å². The van der Waals surface area contributed by atoms with Gasteiger partial charge in [-0.25, -0.2) is 0 Å². The summed E-state index contributed by atoms with van der Waals surface area (Å²) >= 11 is 0. The van der Waals surface area contributed by atoms with Crippen molar-refractivity contribution in [2.24, 2.45) is 0 Å². The fourth-order valence-corrected chi connectivity index (χ4v) is 1.76. The van der Waals surface area contributed by atoms with E-state index < -0.39 is 0 Å². The number of likely N-dealkylation sites (N-methyl/N-ethyl adjacent to an activating group) is 1. The zero-order valence-electron chi connectivity index (χ0n) is 9.36. The van der Waals surface area contributed by atoms with Crippen LogP contribution in [0.2, 0.25) is 0 Å². The van der Waals surface area contributed by atoms with Crippen LogP contribution in [0.1, 0.15) is 24.0 Å². The molecule has 0 aliphatic heterocycles. The van der Waals surface area contributed by atoms with Crippen LogP contribution in [0.25, 0.3) is 0 Å². The van der Waals surface area contributed by atoms with E-state index in [-0.39, 0.29) is 5.91 Å². The molecule has 0 heterocycles. The van der Waals surface area contributed by atoms with E-state index in [0.717, 1.165) is 5.56 Å². The lowest BCUT2D eigenvalue weighted by atomic mass is 10.1. The molecule has 0 bridgehead atoms. The molecule has 0 saturated heterocycles. The lowest BCUT2D eigenvalue weighted by Crippen LogP contribution is -2.30. The maximum absolute atomic E-state index is 11.9. The first-order valence-corrected chi connectivity index (χ1v) is 5.48. The molecule has 0 aromatic heterocycles. The molecule has 15 heavy (non-hydrogen) atoms. The lowest BCUT2D eigenvalue weighted by Gasteiger charge is -2.16. The van der Waals surface area contributed by atoms with E-state index in [1.165, 1.54) is 18.4 Å². The number of amides is 1. The van der Waals surface area contributed by atoms with Crippen LogP contribution in [0.5, 0.6) is 0 Å². The SMILES string of the molecule is Cc1ccccc1CC(=O)N(C)C1CC1. The highest BCUT2D eigenvalue weighted by Gasteiger charge is 2.29. The van der Waals surface area contributed by atoms with Gasteiger partial charge in [0.15, 0.2) is 0 Å². The Balaban J connectivity index is 2.02. The second kappa shape index (κ2) is 4.05. The molecule has 0 spiro atoms. The van der Waals surface area contributed by atoms with Crippen LogP contribution in [-0.4, -0.2) is 23.9 Å². The molecule has 0 N–H and O–H groups in total. The molecule has 1 aromatic rings. The van der Waals surface area contributed by atoms with E-state index in [1.807, 2.05) is 30.1 Å². The van der Waals surface area contributed by atoms with Crippen molar-refractivity contribution < 1.29 is 4.79 Å². The molecule has 0 unspecified atom stereocenters. The highest BCUT2D eigenvalue weighted by Crippen LogP contribution is 2.26. The van der Waals surface area contributed by atoms with E-state index in [0.29, 0.717) is 12.5 Å². The standard InChI is InChI=1S/C13H17NO/c1-10-5-3-4-6-11(10)9-13(15)14(2)12-7-8-12/h3-6,12H,7-9H2,1-2H3. The third-order valence-corrected chi connectivity index (χ3v) is 3.09. The van der Waals surface area contributed by atoms with Crippen LogP contribution >= 0.6 is 0 Å². The molecule has 1 fully saturated rings. The Morgan fingerprint density at radius 2 is 2.07 bits per heavy atom. The van der Waals surface area contributed by atoms with Gasteiger partial charge >= 0.3 is 0 Å². The van der Waals surface area contributed by atoms with E-state index in [2.05, 4.69) is 13.0 Å². The summed E-state index contributed by atoms with van der Waals surface area (Å²) in [6.07, 6.45) is 2.89. The molecule has 2 heteroatoms. The lowest BCUT2D eigenvalue weighted by molar-refractivity contribution is -0.129. The molecule has 1 aliphatic rings. The van der Waals surface area contributed by atoms with Crippen molar-refractivity contribution in [2.45, 2.75) is 32.2 Å². The monoisotopic (exact) mass is 203 g/mol. The summed E-state index contributed by atoms with van der Waals surface area (Å²) in [4.78, 5) is 13.8. The third kappa shape index (κ3) is 2.38. The topological polar surface area (TPSA) is 20.3 Å². The van der Waals surface area contributed by atoms with Crippen molar-refractivity contribution in [3.8, 4) is 0 Å². The van der Waals surface area contributed by atoms with Crippen molar-refractivity contribution >= 4 is 5.91 Å². The second-order valence-electron chi connectivity index (χ2n) is 4.34. The fraction of sp³-hybridized carbons (Fsp3) is 0.462. The number of nitrogens with zero attached hydrogens (tertiary/aromatic N) is 1. The van der Waals surface area contributed by atoms with Crippen LogP contribution in [0.15, 0.2) is 24.3 Å². The number of rotatable bonds is 3. The number of hydrogen-bond acceptors (Lipinski definition) is 1. The zero-order valence-corrected chi connectivity index (χ0v) is 9.36. The second-order valence-corrected chi connectivity index (χ2v) is 4.34. The van der Waals surface area contributed by atoms with Crippen molar-refractivity contribution in [3.05, 3.63) is 35.4 Å². The summed E-state index contributed by atoms with van der Waals surface area (Å²) in [6.45, 7) is 2.06. The first-order valence-electron chi connectivity index (χ1n) is 5.48. The minimum absolute atomic E-state index is 0.242. The highest BCUT2D eigenvalue weighted by atomic mass is 16.2. The summed E-state index contributed by atoms with van der Waals surface area (Å²) in [7, 11) is 1.91. The molecule has 0 atom stereocenters. The molecule has 80 valence electrons. The summed E-state index contributed by atoms with van der Waals surface area (Å²) in [5.74, 6) is 0.242. The van der Waals surface area contributed by atoms with Gasteiger partial charge in [-0.1, -0.05) is 24.3 Å². The molecule has 1 aliphatic carbocycles. The smallest absolute Gasteiger partial charge is 0.226 e. The van der Waals surface area contributed by atoms with Crippen molar-refractivity contribution in [1.82, 2.24) is 4.90 Å². The molecule has 1 aromatic carbocycles. The van der Waals surface area contributed by atoms with E-state index >= 15 is 0 Å². The highest BCUT2D eigenvalue weighted by molar-refractivity contribution is 5.79. The van der Waals surface area contributed by atoms with E-state index in [1.54, 1.807) is 0 Å². The number of carbonyl (C=O) groups excluding carboxylic acids is 1. The quantitative estimate of drug-likeness (QED) is 0.737. The molecule has 1 amide bonds. The average molecular weight is 203 g/mol. The molecule has 2 rings (SSSR count). The maximum atomic E-state index is 11.9. The normalized spacial score (nSPS) is 15.1. The van der Waals surface area contributed by atoms with E-state index in [9.17, 15) is 4.79 Å². The Kier molecular flexibility index (Phi) is 2.76. The maximum Gasteiger partial charge on any atom is 0.226 e. The number of benzene rings is 1. The zero-order chi connectivity index (χ0) is 10.8. The summed E-state index contributed by atoms with van der Waals surface area (Å²) in [6, 6.07) is 8.61. The van der Waals surface area contributed by atoms with Gasteiger partial charge in [0, 0.05) is 13.1 Å². The van der Waals surface area contributed by atoms with Gasteiger partial charge in [-0.15, -0.1) is 0 Å². The minimum Gasteiger partial charge on any atom is -0.342 e. The van der Waals surface area contributed by atoms with Crippen LogP contribution < -0.4 is 0 Å². The van der Waals surface area contributed by atoms with Crippen LogP contribution in [0.4, 0.5) is 0 Å². The first kappa shape index (κ1) is 10.2. The van der Waals surface area contributed by atoms with Gasteiger partial charge in [0.2, 0.25) is 5.91 Å². The predicted octanol–water partition coefficient (Wildman–Crippen LogP) is 2.16. The van der Waals surface area contributed by atoms with Gasteiger partial charge in [-0.05, 0) is 30.9 Å². The largest absolute Gasteiger partial charge is 0.342 e. The van der Waals surface area contributed by atoms with E-state index in [4.69, 9.17) is 0 Å². The van der Waals surface area contributed by atoms with Crippen LogP contribution in [-0.2, 0) is 11.2 Å². The number of carbonyl (C=O) groups is 1. The Bertz CT molecular complexity index is 369. The summed E-state index contributed by atoms with van der Waals surface area (Å²) in [5, 5.41) is 0. The van der Waals surface area contributed by atoms with Gasteiger partial charge in [0.1, 0.15) is 0 Å². The van der Waals surface area contributed by atoms with Gasteiger partial charge in [-0.2, -0.15) is 0 Å². The molecular weight excluding hydrogens is 186 g/mol. The first-order chi connectivity index (χ1) is 7.18. The molecule has 1 saturated carbocycles. The number of aryl methyl sites for hydroxylation is 1. The summed E-state index contributed by atoms with van der Waals surface area (Å²) < 4.78 is 0. The minimum atomic E-state index is 0.242.